The summed E-state index contributed by atoms with van der Waals surface area (Å²) in [6, 6.07) is 19.5. The van der Waals surface area contributed by atoms with E-state index in [9.17, 15) is 4.79 Å². The van der Waals surface area contributed by atoms with Gasteiger partial charge in [0.1, 0.15) is 0 Å². The summed E-state index contributed by atoms with van der Waals surface area (Å²) in [5.74, 6) is 2.98. The van der Waals surface area contributed by atoms with Gasteiger partial charge < -0.3 is 9.64 Å². The molecule has 5 aliphatic rings. The molecule has 3 aliphatic carbocycles. The SMILES string of the molecule is O=C1[C@@H]2CCCC[C@H]2[C@]2(c3ccc(Cl)cc3)OC[C@@H]3[C@H]4C[C@H](C[C@@H]4c4ccccc4)[C@@H]3N12. The number of hydrogen-bond acceptors (Lipinski definition) is 2. The highest BCUT2D eigenvalue weighted by Gasteiger charge is 2.69. The molecule has 1 amide bonds. The van der Waals surface area contributed by atoms with Crippen LogP contribution in [0.15, 0.2) is 54.6 Å². The Labute approximate surface area is 195 Å². The summed E-state index contributed by atoms with van der Waals surface area (Å²) < 4.78 is 6.97. The molecular formula is C28H30ClNO2. The number of rotatable bonds is 2. The van der Waals surface area contributed by atoms with Gasteiger partial charge in [-0.15, -0.1) is 0 Å². The van der Waals surface area contributed by atoms with E-state index in [1.165, 1.54) is 24.8 Å². The van der Waals surface area contributed by atoms with Gasteiger partial charge in [0.25, 0.3) is 0 Å². The first-order chi connectivity index (χ1) is 15.7. The molecule has 166 valence electrons. The monoisotopic (exact) mass is 447 g/mol. The molecule has 0 unspecified atom stereocenters. The third-order valence-corrected chi connectivity index (χ3v) is 9.83. The number of carbonyl (C=O) groups excluding carboxylic acids is 1. The Kier molecular flexibility index (Phi) is 4.34. The van der Waals surface area contributed by atoms with Crippen molar-refractivity contribution in [2.24, 2.45) is 29.6 Å². The lowest BCUT2D eigenvalue weighted by molar-refractivity contribution is -0.243. The molecule has 2 aromatic carbocycles. The molecule has 32 heavy (non-hydrogen) atoms. The van der Waals surface area contributed by atoms with Crippen LogP contribution in [0, 0.1) is 29.6 Å². The first-order valence-corrected chi connectivity index (χ1v) is 12.8. The van der Waals surface area contributed by atoms with E-state index in [1.54, 1.807) is 0 Å². The van der Waals surface area contributed by atoms with E-state index in [0.29, 0.717) is 35.6 Å². The third kappa shape index (κ3) is 2.50. The summed E-state index contributed by atoms with van der Waals surface area (Å²) >= 11 is 6.25. The van der Waals surface area contributed by atoms with Crippen molar-refractivity contribution in [2.75, 3.05) is 6.61 Å². The van der Waals surface area contributed by atoms with Crippen LogP contribution >= 0.6 is 11.6 Å². The normalized spacial score (nSPS) is 42.0. The fraction of sp³-hybridized carbons (Fsp3) is 0.536. The second-order valence-electron chi connectivity index (χ2n) is 10.8. The van der Waals surface area contributed by atoms with E-state index in [2.05, 4.69) is 47.4 Å². The molecule has 2 aliphatic heterocycles. The molecule has 8 atom stereocenters. The average Bonchev–Trinajstić information content (AvgIpc) is 3.50. The highest BCUT2D eigenvalue weighted by atomic mass is 35.5. The number of hydrogen-bond donors (Lipinski definition) is 0. The lowest BCUT2D eigenvalue weighted by atomic mass is 9.71. The van der Waals surface area contributed by atoms with Gasteiger partial charge in [0.05, 0.1) is 6.61 Å². The molecule has 0 spiro atoms. The van der Waals surface area contributed by atoms with Crippen LogP contribution in [-0.4, -0.2) is 23.5 Å². The zero-order valence-electron chi connectivity index (χ0n) is 18.3. The van der Waals surface area contributed by atoms with Gasteiger partial charge in [0, 0.05) is 34.4 Å². The summed E-state index contributed by atoms with van der Waals surface area (Å²) in [5, 5.41) is 0.737. The van der Waals surface area contributed by atoms with Crippen molar-refractivity contribution in [1.29, 1.82) is 0 Å². The summed E-state index contributed by atoms with van der Waals surface area (Å²) in [5.41, 5.74) is 2.00. The molecule has 2 heterocycles. The quantitative estimate of drug-likeness (QED) is 0.566. The van der Waals surface area contributed by atoms with Gasteiger partial charge in [-0.3, -0.25) is 4.79 Å². The van der Waals surface area contributed by atoms with Crippen LogP contribution in [0.5, 0.6) is 0 Å². The molecule has 0 radical (unpaired) electrons. The highest BCUT2D eigenvalue weighted by Crippen LogP contribution is 2.65. The molecule has 3 nitrogen and oxygen atoms in total. The third-order valence-electron chi connectivity index (χ3n) is 9.58. The highest BCUT2D eigenvalue weighted by molar-refractivity contribution is 6.30. The van der Waals surface area contributed by atoms with Gasteiger partial charge in [0.15, 0.2) is 5.72 Å². The molecule has 2 aromatic rings. The molecular weight excluding hydrogens is 418 g/mol. The predicted molar refractivity (Wildman–Crippen MR) is 124 cm³/mol. The van der Waals surface area contributed by atoms with Gasteiger partial charge >= 0.3 is 0 Å². The number of benzene rings is 2. The Bertz CT molecular complexity index is 1040. The van der Waals surface area contributed by atoms with Gasteiger partial charge in [-0.1, -0.05) is 66.9 Å². The van der Waals surface area contributed by atoms with Crippen molar-refractivity contribution in [3.8, 4) is 0 Å². The van der Waals surface area contributed by atoms with E-state index in [4.69, 9.17) is 16.3 Å². The predicted octanol–water partition coefficient (Wildman–Crippen LogP) is 5.98. The largest absolute Gasteiger partial charge is 0.350 e. The Balaban J connectivity index is 1.31. The molecule has 5 fully saturated rings. The zero-order chi connectivity index (χ0) is 21.4. The maximum absolute atomic E-state index is 14.0. The number of nitrogens with zero attached hydrogens (tertiary/aromatic N) is 1. The molecule has 0 aromatic heterocycles. The van der Waals surface area contributed by atoms with Crippen LogP contribution in [-0.2, 0) is 15.3 Å². The fourth-order valence-electron chi connectivity index (χ4n) is 8.48. The maximum Gasteiger partial charge on any atom is 0.228 e. The molecule has 0 N–H and O–H groups in total. The minimum Gasteiger partial charge on any atom is -0.350 e. The van der Waals surface area contributed by atoms with E-state index in [0.717, 1.165) is 36.5 Å². The van der Waals surface area contributed by atoms with Crippen molar-refractivity contribution in [3.63, 3.8) is 0 Å². The first kappa shape index (κ1) is 19.6. The van der Waals surface area contributed by atoms with Gasteiger partial charge in [-0.05, 0) is 61.1 Å². The van der Waals surface area contributed by atoms with Crippen LogP contribution in [0.3, 0.4) is 0 Å². The van der Waals surface area contributed by atoms with Crippen LogP contribution < -0.4 is 0 Å². The summed E-state index contributed by atoms with van der Waals surface area (Å²) in [6.07, 6.45) is 6.87. The van der Waals surface area contributed by atoms with Crippen molar-refractivity contribution < 1.29 is 9.53 Å². The van der Waals surface area contributed by atoms with E-state index in [-0.39, 0.29) is 11.8 Å². The zero-order valence-corrected chi connectivity index (χ0v) is 19.1. The van der Waals surface area contributed by atoms with Crippen LogP contribution in [0.2, 0.25) is 5.02 Å². The summed E-state index contributed by atoms with van der Waals surface area (Å²) in [6.45, 7) is 0.769. The van der Waals surface area contributed by atoms with Crippen LogP contribution in [0.1, 0.15) is 55.6 Å². The Morgan fingerprint density at radius 3 is 2.50 bits per heavy atom. The fourth-order valence-corrected chi connectivity index (χ4v) is 8.61. The molecule has 7 rings (SSSR count). The Morgan fingerprint density at radius 2 is 1.69 bits per heavy atom. The average molecular weight is 448 g/mol. The molecule has 2 bridgehead atoms. The molecule has 4 heteroatoms. The lowest BCUT2D eigenvalue weighted by Gasteiger charge is -2.54. The van der Waals surface area contributed by atoms with Crippen molar-refractivity contribution >= 4 is 17.5 Å². The maximum atomic E-state index is 14.0. The molecule has 3 saturated carbocycles. The number of amides is 1. The van der Waals surface area contributed by atoms with E-state index >= 15 is 0 Å². The topological polar surface area (TPSA) is 29.5 Å². The second kappa shape index (κ2) is 7.08. The van der Waals surface area contributed by atoms with Gasteiger partial charge in [0.2, 0.25) is 5.91 Å². The van der Waals surface area contributed by atoms with Crippen LogP contribution in [0.4, 0.5) is 0 Å². The smallest absolute Gasteiger partial charge is 0.228 e. The van der Waals surface area contributed by atoms with Crippen molar-refractivity contribution in [2.45, 2.75) is 56.2 Å². The van der Waals surface area contributed by atoms with Crippen molar-refractivity contribution in [3.05, 3.63) is 70.7 Å². The number of carbonyl (C=O) groups is 1. The molecule has 2 saturated heterocycles. The van der Waals surface area contributed by atoms with E-state index in [1.807, 2.05) is 12.1 Å². The Hall–Kier alpha value is -1.84. The Morgan fingerprint density at radius 1 is 0.906 bits per heavy atom. The van der Waals surface area contributed by atoms with Crippen molar-refractivity contribution in [1.82, 2.24) is 4.90 Å². The standard InChI is InChI=1S/C28H30ClNO2/c29-20-12-10-19(11-13-20)28-25-9-5-4-8-21(25)27(31)30(28)26-18-14-22(17-6-2-1-3-7-17)23(15-18)24(26)16-32-28/h1-3,6-7,10-13,18,21-26H,4-5,8-9,14-16H2/t18-,21+,22+,23-,24+,25+,26-,28-/m0/s1. The number of halogens is 1. The minimum atomic E-state index is -0.597. The van der Waals surface area contributed by atoms with E-state index < -0.39 is 5.72 Å². The number of ether oxygens (including phenoxy) is 1. The van der Waals surface area contributed by atoms with Crippen LogP contribution in [0.25, 0.3) is 0 Å². The van der Waals surface area contributed by atoms with Gasteiger partial charge in [-0.2, -0.15) is 0 Å². The summed E-state index contributed by atoms with van der Waals surface area (Å²) in [4.78, 5) is 16.3. The summed E-state index contributed by atoms with van der Waals surface area (Å²) in [7, 11) is 0. The first-order valence-electron chi connectivity index (χ1n) is 12.5. The minimum absolute atomic E-state index is 0.113. The lowest BCUT2D eigenvalue weighted by Crippen LogP contribution is -2.62. The second-order valence-corrected chi connectivity index (χ2v) is 11.2. The van der Waals surface area contributed by atoms with Gasteiger partial charge in [-0.25, -0.2) is 0 Å². The number of fused-ring (bicyclic) bond motifs is 9.